The van der Waals surface area contributed by atoms with Gasteiger partial charge in [-0.1, -0.05) is 13.0 Å². The van der Waals surface area contributed by atoms with Crippen molar-refractivity contribution in [3.8, 4) is 11.3 Å². The summed E-state index contributed by atoms with van der Waals surface area (Å²) in [7, 11) is 0. The molecule has 0 aliphatic carbocycles. The second-order valence-electron chi connectivity index (χ2n) is 5.19. The highest BCUT2D eigenvalue weighted by atomic mass is 19.2. The largest absolute Gasteiger partial charge is 0.478 e. The summed E-state index contributed by atoms with van der Waals surface area (Å²) < 4.78 is 26.5. The molecule has 1 N–H and O–H groups in total. The molecule has 5 heteroatoms. The molecule has 0 amide bonds. The van der Waals surface area contributed by atoms with Gasteiger partial charge in [0.15, 0.2) is 11.6 Å². The molecule has 0 saturated heterocycles. The Morgan fingerprint density at radius 1 is 1.09 bits per heavy atom. The number of carbonyl (C=O) groups is 1. The van der Waals surface area contributed by atoms with Gasteiger partial charge in [0.2, 0.25) is 0 Å². The van der Waals surface area contributed by atoms with Crippen LogP contribution in [-0.4, -0.2) is 16.1 Å². The molecule has 23 heavy (non-hydrogen) atoms. The van der Waals surface area contributed by atoms with Crippen LogP contribution in [0.15, 0.2) is 42.5 Å². The van der Waals surface area contributed by atoms with Gasteiger partial charge in [-0.25, -0.2) is 18.6 Å². The molecule has 1 heterocycles. The lowest BCUT2D eigenvalue weighted by atomic mass is 10.0. The van der Waals surface area contributed by atoms with Crippen LogP contribution < -0.4 is 0 Å². The van der Waals surface area contributed by atoms with E-state index in [4.69, 9.17) is 0 Å². The van der Waals surface area contributed by atoms with Gasteiger partial charge in [0, 0.05) is 10.9 Å². The molecule has 0 radical (unpaired) electrons. The fourth-order valence-electron chi connectivity index (χ4n) is 2.47. The molecular formula is C18H13F2NO2. The van der Waals surface area contributed by atoms with Crippen LogP contribution in [0.1, 0.15) is 22.8 Å². The summed E-state index contributed by atoms with van der Waals surface area (Å²) in [5, 5.41) is 9.99. The zero-order valence-corrected chi connectivity index (χ0v) is 12.3. The van der Waals surface area contributed by atoms with Crippen LogP contribution in [0.2, 0.25) is 0 Å². The first-order valence-electron chi connectivity index (χ1n) is 7.12. The molecule has 1 aromatic heterocycles. The Morgan fingerprint density at radius 3 is 2.52 bits per heavy atom. The Balaban J connectivity index is 2.26. The van der Waals surface area contributed by atoms with E-state index in [-0.39, 0.29) is 11.3 Å². The van der Waals surface area contributed by atoms with Crippen LogP contribution in [0.3, 0.4) is 0 Å². The summed E-state index contributed by atoms with van der Waals surface area (Å²) in [6.07, 6.45) is 0.778. The highest BCUT2D eigenvalue weighted by Gasteiger charge is 2.14. The maximum Gasteiger partial charge on any atom is 0.336 e. The highest BCUT2D eigenvalue weighted by Crippen LogP contribution is 2.27. The number of hydrogen-bond donors (Lipinski definition) is 1. The molecular weight excluding hydrogens is 300 g/mol. The highest BCUT2D eigenvalue weighted by molar-refractivity contribution is 6.04. The number of rotatable bonds is 3. The smallest absolute Gasteiger partial charge is 0.336 e. The van der Waals surface area contributed by atoms with Crippen molar-refractivity contribution >= 4 is 16.9 Å². The third-order valence-corrected chi connectivity index (χ3v) is 3.73. The van der Waals surface area contributed by atoms with Gasteiger partial charge in [-0.05, 0) is 48.4 Å². The van der Waals surface area contributed by atoms with Crippen LogP contribution in [0, 0.1) is 11.6 Å². The number of carboxylic acids is 1. The van der Waals surface area contributed by atoms with E-state index in [0.29, 0.717) is 16.5 Å². The molecule has 0 fully saturated rings. The molecule has 3 rings (SSSR count). The third-order valence-electron chi connectivity index (χ3n) is 3.73. The van der Waals surface area contributed by atoms with Crippen LogP contribution >= 0.6 is 0 Å². The predicted molar refractivity (Wildman–Crippen MR) is 83.4 cm³/mol. The third kappa shape index (κ3) is 2.77. The van der Waals surface area contributed by atoms with Gasteiger partial charge in [0.05, 0.1) is 16.8 Å². The van der Waals surface area contributed by atoms with Gasteiger partial charge in [0.25, 0.3) is 0 Å². The van der Waals surface area contributed by atoms with E-state index in [1.165, 1.54) is 12.1 Å². The average molecular weight is 313 g/mol. The number of fused-ring (bicyclic) bond motifs is 1. The van der Waals surface area contributed by atoms with Gasteiger partial charge >= 0.3 is 5.97 Å². The first-order chi connectivity index (χ1) is 11.0. The number of aromatic nitrogens is 1. The van der Waals surface area contributed by atoms with E-state index in [2.05, 4.69) is 4.98 Å². The molecule has 0 unspecified atom stereocenters. The molecule has 0 spiro atoms. The van der Waals surface area contributed by atoms with Crippen molar-refractivity contribution in [3.63, 3.8) is 0 Å². The van der Waals surface area contributed by atoms with Crippen molar-refractivity contribution in [3.05, 3.63) is 65.2 Å². The quantitative estimate of drug-likeness (QED) is 0.777. The minimum atomic E-state index is -1.09. The van der Waals surface area contributed by atoms with Crippen LogP contribution in [-0.2, 0) is 6.42 Å². The van der Waals surface area contributed by atoms with E-state index in [0.717, 1.165) is 24.1 Å². The van der Waals surface area contributed by atoms with Crippen molar-refractivity contribution in [1.82, 2.24) is 4.98 Å². The number of aryl methyl sites for hydroxylation is 1. The topological polar surface area (TPSA) is 50.2 Å². The first kappa shape index (κ1) is 15.1. The summed E-state index contributed by atoms with van der Waals surface area (Å²) in [4.78, 5) is 15.9. The van der Waals surface area contributed by atoms with Gasteiger partial charge in [0.1, 0.15) is 0 Å². The van der Waals surface area contributed by atoms with Crippen LogP contribution in [0.5, 0.6) is 0 Å². The first-order valence-corrected chi connectivity index (χ1v) is 7.12. The fourth-order valence-corrected chi connectivity index (χ4v) is 2.47. The number of halogens is 2. The maximum absolute atomic E-state index is 13.4. The van der Waals surface area contributed by atoms with Crippen molar-refractivity contribution in [2.24, 2.45) is 0 Å². The molecule has 0 saturated carbocycles. The standard InChI is InChI=1S/C18H13F2NO2/c1-2-10-3-6-16-12(7-10)13(18(22)23)9-17(21-16)11-4-5-14(19)15(20)8-11/h3-9H,2H2,1H3,(H,22,23). The maximum atomic E-state index is 13.4. The summed E-state index contributed by atoms with van der Waals surface area (Å²) in [6, 6.07) is 10.2. The lowest BCUT2D eigenvalue weighted by Crippen LogP contribution is -2.01. The van der Waals surface area contributed by atoms with E-state index < -0.39 is 17.6 Å². The van der Waals surface area contributed by atoms with Crippen LogP contribution in [0.4, 0.5) is 8.78 Å². The summed E-state index contributed by atoms with van der Waals surface area (Å²) in [5.41, 5.74) is 2.21. The lowest BCUT2D eigenvalue weighted by Gasteiger charge is -2.09. The molecule has 2 aromatic carbocycles. The number of pyridine rings is 1. The Hall–Kier alpha value is -2.82. The van der Waals surface area contributed by atoms with E-state index in [1.54, 1.807) is 12.1 Å². The van der Waals surface area contributed by atoms with E-state index >= 15 is 0 Å². The number of aromatic carboxylic acids is 1. The summed E-state index contributed by atoms with van der Waals surface area (Å²) >= 11 is 0. The normalized spacial score (nSPS) is 10.9. The monoisotopic (exact) mass is 313 g/mol. The van der Waals surface area contributed by atoms with E-state index in [1.807, 2.05) is 13.0 Å². The summed E-state index contributed by atoms with van der Waals surface area (Å²) in [6.45, 7) is 1.98. The second kappa shape index (κ2) is 5.76. The Kier molecular flexibility index (Phi) is 3.78. The van der Waals surface area contributed by atoms with Crippen molar-refractivity contribution in [1.29, 1.82) is 0 Å². The molecule has 116 valence electrons. The number of benzene rings is 2. The Labute approximate surface area is 131 Å². The average Bonchev–Trinajstić information content (AvgIpc) is 2.55. The molecule has 3 nitrogen and oxygen atoms in total. The Morgan fingerprint density at radius 2 is 1.87 bits per heavy atom. The number of nitrogens with zero attached hydrogens (tertiary/aromatic N) is 1. The zero-order valence-electron chi connectivity index (χ0n) is 12.3. The number of carboxylic acid groups (broad SMARTS) is 1. The van der Waals surface area contributed by atoms with E-state index in [9.17, 15) is 18.7 Å². The molecule has 0 bridgehead atoms. The fraction of sp³-hybridized carbons (Fsp3) is 0.111. The Bertz CT molecular complexity index is 922. The zero-order chi connectivity index (χ0) is 16.6. The minimum Gasteiger partial charge on any atom is -0.478 e. The number of hydrogen-bond acceptors (Lipinski definition) is 2. The van der Waals surface area contributed by atoms with Gasteiger partial charge in [-0.15, -0.1) is 0 Å². The predicted octanol–water partition coefficient (Wildman–Crippen LogP) is 4.44. The second-order valence-corrected chi connectivity index (χ2v) is 5.19. The molecule has 3 aromatic rings. The molecule has 0 atom stereocenters. The summed E-state index contributed by atoms with van der Waals surface area (Å²) in [5.74, 6) is -3.04. The van der Waals surface area contributed by atoms with Crippen molar-refractivity contribution < 1.29 is 18.7 Å². The van der Waals surface area contributed by atoms with Gasteiger partial charge in [-0.3, -0.25) is 0 Å². The van der Waals surface area contributed by atoms with Crippen LogP contribution in [0.25, 0.3) is 22.2 Å². The van der Waals surface area contributed by atoms with Gasteiger partial charge in [-0.2, -0.15) is 0 Å². The van der Waals surface area contributed by atoms with Crippen molar-refractivity contribution in [2.75, 3.05) is 0 Å². The minimum absolute atomic E-state index is 0.0880. The molecule has 0 aliphatic heterocycles. The van der Waals surface area contributed by atoms with Gasteiger partial charge < -0.3 is 5.11 Å². The van der Waals surface area contributed by atoms with Crippen molar-refractivity contribution in [2.45, 2.75) is 13.3 Å². The SMILES string of the molecule is CCc1ccc2nc(-c3ccc(F)c(F)c3)cc(C(=O)O)c2c1. The molecule has 0 aliphatic rings. The lowest BCUT2D eigenvalue weighted by molar-refractivity contribution is 0.0699.